The molecule has 0 fully saturated rings. The third kappa shape index (κ3) is 5.72. The topological polar surface area (TPSA) is 83.7 Å². The lowest BCUT2D eigenvalue weighted by Gasteiger charge is -2.24. The minimum atomic E-state index is -4.24. The van der Waals surface area contributed by atoms with E-state index in [1.54, 1.807) is 0 Å². The van der Waals surface area contributed by atoms with Gasteiger partial charge in [0, 0.05) is 12.1 Å². The van der Waals surface area contributed by atoms with Gasteiger partial charge in [0.25, 0.3) is 4.92 Å². The van der Waals surface area contributed by atoms with Crippen LogP contribution in [0.5, 0.6) is 0 Å². The fraction of sp³-hybridized carbons (Fsp3) is 0.0370. The molecule has 0 heterocycles. The van der Waals surface area contributed by atoms with Gasteiger partial charge in [0.1, 0.15) is 16.8 Å². The van der Waals surface area contributed by atoms with Gasteiger partial charge in [-0.2, -0.15) is 8.42 Å². The highest BCUT2D eigenvalue weighted by atomic mass is 32.2. The highest BCUT2D eigenvalue weighted by Crippen LogP contribution is 2.59. The van der Waals surface area contributed by atoms with Gasteiger partial charge >= 0.3 is 15.8 Å². The lowest BCUT2D eigenvalue weighted by Crippen LogP contribution is -2.28. The van der Waals surface area contributed by atoms with E-state index >= 15 is 0 Å². The van der Waals surface area contributed by atoms with Crippen LogP contribution in [-0.2, 0) is 14.1 Å². The number of rotatable bonds is 9. The van der Waals surface area contributed by atoms with E-state index in [-0.39, 0.29) is 15.5 Å². The first kappa shape index (κ1) is 24.5. The van der Waals surface area contributed by atoms with Crippen molar-refractivity contribution in [2.45, 2.75) is 4.90 Å². The van der Waals surface area contributed by atoms with Gasteiger partial charge in [0.05, 0.1) is 9.80 Å². The molecule has 4 aromatic carbocycles. The van der Waals surface area contributed by atoms with E-state index in [4.69, 9.17) is 9.18 Å². The summed E-state index contributed by atoms with van der Waals surface area (Å²) in [6.45, 7) is 0. The van der Waals surface area contributed by atoms with Crippen LogP contribution in [0.4, 0.5) is 5.69 Å². The molecule has 0 bridgehead atoms. The van der Waals surface area contributed by atoms with Crippen LogP contribution in [0, 0.1) is 4.91 Å². The first-order valence-electron chi connectivity index (χ1n) is 10.8. The predicted molar refractivity (Wildman–Crippen MR) is 139 cm³/mol. The van der Waals surface area contributed by atoms with Crippen LogP contribution in [0.25, 0.3) is 6.08 Å². The smallest absolute Gasteiger partial charge is 0.241 e. The van der Waals surface area contributed by atoms with Crippen molar-refractivity contribution in [3.8, 4) is 0 Å². The summed E-state index contributed by atoms with van der Waals surface area (Å²) in [5, 5.41) is 10.7. The third-order valence-corrected chi connectivity index (χ3v) is 11.0. The summed E-state index contributed by atoms with van der Waals surface area (Å²) in [7, 11) is -7.19. The van der Waals surface area contributed by atoms with Crippen molar-refractivity contribution >= 4 is 40.0 Å². The lowest BCUT2D eigenvalue weighted by molar-refractivity contribution is -0.729. The van der Waals surface area contributed by atoms with Gasteiger partial charge in [-0.3, -0.25) is 0 Å². The summed E-state index contributed by atoms with van der Waals surface area (Å²) in [5.74, 6) is 0. The minimum Gasteiger partial charge on any atom is -0.241 e. The fourth-order valence-corrected chi connectivity index (χ4v) is 9.18. The molecule has 0 unspecified atom stereocenters. The second-order valence-corrected chi connectivity index (χ2v) is 12.6. The van der Waals surface area contributed by atoms with Crippen LogP contribution in [0.3, 0.4) is 0 Å². The molecule has 0 saturated heterocycles. The standard InChI is InChI=1S/C27H24NO5PS/c29-28(30)24-18-20-27(21-19-24)35(31,32)33-34(25-14-6-2-7-15-25,26-16-8-3-9-17-26)22-10-13-23-11-4-1-5-12-23/h1-21H,22H2,(H,29,30)/q+2. The Labute approximate surface area is 205 Å². The van der Waals surface area contributed by atoms with Gasteiger partial charge in [0.2, 0.25) is 7.49 Å². The van der Waals surface area contributed by atoms with Gasteiger partial charge in [0.15, 0.2) is 0 Å². The van der Waals surface area contributed by atoms with Gasteiger partial charge in [-0.05, 0) is 48.0 Å². The summed E-state index contributed by atoms with van der Waals surface area (Å²) < 4.78 is 33.3. The highest BCUT2D eigenvalue weighted by molar-refractivity contribution is 7.98. The molecule has 0 aromatic heterocycles. The Kier molecular flexibility index (Phi) is 7.51. The Bertz CT molecular complexity index is 1370. The molecule has 0 aliphatic rings. The summed E-state index contributed by atoms with van der Waals surface area (Å²) in [5.41, 5.74) is 0.915. The Hall–Kier alpha value is -3.64. The largest absolute Gasteiger partial charge is 0.329 e. The second kappa shape index (κ2) is 10.7. The first-order chi connectivity index (χ1) is 16.9. The van der Waals surface area contributed by atoms with Crippen LogP contribution in [0.2, 0.25) is 0 Å². The molecule has 4 aromatic rings. The van der Waals surface area contributed by atoms with E-state index < -0.39 is 17.6 Å². The molecule has 0 aliphatic carbocycles. The molecular weight excluding hydrogens is 481 g/mol. The first-order valence-corrected chi connectivity index (χ1v) is 14.1. The van der Waals surface area contributed by atoms with Crippen LogP contribution in [0.15, 0.2) is 126 Å². The quantitative estimate of drug-likeness (QED) is 0.240. The summed E-state index contributed by atoms with van der Waals surface area (Å²) in [6, 6.07) is 33.5. The van der Waals surface area contributed by atoms with Gasteiger partial charge in [-0.1, -0.05) is 76.8 Å². The van der Waals surface area contributed by atoms with Crippen molar-refractivity contribution in [2.75, 3.05) is 6.16 Å². The average molecular weight is 506 g/mol. The number of benzene rings is 4. The molecule has 176 valence electrons. The molecule has 0 aliphatic heterocycles. The number of hydrogen-bond donors (Lipinski definition) is 1. The van der Waals surface area contributed by atoms with Crippen LogP contribution in [0.1, 0.15) is 5.56 Å². The Balaban J connectivity index is 1.82. The van der Waals surface area contributed by atoms with Crippen molar-refractivity contribution in [1.82, 2.24) is 0 Å². The van der Waals surface area contributed by atoms with Gasteiger partial charge < -0.3 is 0 Å². The molecule has 35 heavy (non-hydrogen) atoms. The molecule has 4 rings (SSSR count). The van der Waals surface area contributed by atoms with Crippen molar-refractivity contribution in [3.63, 3.8) is 0 Å². The summed E-state index contributed by atoms with van der Waals surface area (Å²) >= 11 is 0. The number of nitrogens with zero attached hydrogens (tertiary/aromatic N) is 1. The Morgan fingerprint density at radius 1 is 0.743 bits per heavy atom. The third-order valence-electron chi connectivity index (χ3n) is 5.39. The van der Waals surface area contributed by atoms with Gasteiger partial charge in [-0.15, -0.1) is 0 Å². The van der Waals surface area contributed by atoms with E-state index in [1.807, 2.05) is 103 Å². The van der Waals surface area contributed by atoms with Crippen molar-refractivity contribution in [1.29, 1.82) is 0 Å². The molecule has 0 atom stereocenters. The maximum atomic E-state index is 13.5. The second-order valence-electron chi connectivity index (χ2n) is 7.70. The Morgan fingerprint density at radius 3 is 1.71 bits per heavy atom. The molecule has 0 saturated carbocycles. The maximum Gasteiger partial charge on any atom is 0.329 e. The average Bonchev–Trinajstić information content (AvgIpc) is 2.89. The molecule has 8 heteroatoms. The number of hydrogen-bond acceptors (Lipinski definition) is 4. The van der Waals surface area contributed by atoms with Crippen molar-refractivity contribution < 1.29 is 22.5 Å². The molecule has 0 amide bonds. The predicted octanol–water partition coefficient (Wildman–Crippen LogP) is 5.49. The molecule has 1 N–H and O–H groups in total. The summed E-state index contributed by atoms with van der Waals surface area (Å²) in [4.78, 5) is 10.7. The zero-order chi connectivity index (χ0) is 24.7. The molecule has 0 radical (unpaired) electrons. The van der Waals surface area contributed by atoms with E-state index in [9.17, 15) is 13.3 Å². The van der Waals surface area contributed by atoms with Crippen molar-refractivity contribution in [3.05, 3.63) is 132 Å². The monoisotopic (exact) mass is 505 g/mol. The van der Waals surface area contributed by atoms with Crippen LogP contribution in [-0.4, -0.2) is 24.7 Å². The summed E-state index contributed by atoms with van der Waals surface area (Å²) in [6.07, 6.45) is 4.25. The normalized spacial score (nSPS) is 12.0. The van der Waals surface area contributed by atoms with Crippen LogP contribution >= 0.6 is 7.49 Å². The molecular formula is C27H24NO5PS+2. The SMILES string of the molecule is O=[N+](O)c1ccc(S(=O)(=O)O[P+](CC=Cc2ccccc2)(c2ccccc2)c2ccccc2)cc1. The molecule has 6 nitrogen and oxygen atoms in total. The zero-order valence-electron chi connectivity index (χ0n) is 18.7. The lowest BCUT2D eigenvalue weighted by atomic mass is 10.2. The van der Waals surface area contributed by atoms with E-state index in [2.05, 4.69) is 0 Å². The van der Waals surface area contributed by atoms with Crippen LogP contribution < -0.4 is 10.6 Å². The Morgan fingerprint density at radius 2 is 1.23 bits per heavy atom. The van der Waals surface area contributed by atoms with E-state index in [0.717, 1.165) is 16.2 Å². The number of allylic oxidation sites excluding steroid dienone is 1. The highest BCUT2D eigenvalue weighted by Gasteiger charge is 2.49. The minimum absolute atomic E-state index is 0.0816. The maximum absolute atomic E-state index is 13.5. The van der Waals surface area contributed by atoms with E-state index in [1.165, 1.54) is 24.3 Å². The zero-order valence-corrected chi connectivity index (χ0v) is 20.4. The van der Waals surface area contributed by atoms with Crippen molar-refractivity contribution in [2.24, 2.45) is 0 Å². The van der Waals surface area contributed by atoms with E-state index in [0.29, 0.717) is 6.16 Å². The van der Waals surface area contributed by atoms with Gasteiger partial charge in [-0.25, -0.2) is 5.21 Å². The fourth-order valence-electron chi connectivity index (χ4n) is 3.67. The molecule has 0 spiro atoms.